The number of benzene rings is 1. The van der Waals surface area contributed by atoms with Gasteiger partial charge < -0.3 is 10.4 Å². The zero-order valence-corrected chi connectivity index (χ0v) is 10.7. The van der Waals surface area contributed by atoms with Crippen LogP contribution in [0.4, 0.5) is 4.39 Å². The first-order valence-corrected chi connectivity index (χ1v) is 6.30. The maximum Gasteiger partial charge on any atom is 0.251 e. The quantitative estimate of drug-likeness (QED) is 0.733. The van der Waals surface area contributed by atoms with E-state index in [1.807, 2.05) is 0 Å². The maximum absolute atomic E-state index is 13.0. The molecule has 1 aromatic carbocycles. The third kappa shape index (κ3) is 4.84. The third-order valence-corrected chi connectivity index (χ3v) is 2.79. The molecule has 0 aromatic heterocycles. The minimum absolute atomic E-state index is 0.166. The average Bonchev–Trinajstić information content (AvgIpc) is 2.36. The molecule has 18 heavy (non-hydrogen) atoms. The van der Waals surface area contributed by atoms with E-state index in [0.717, 1.165) is 25.7 Å². The summed E-state index contributed by atoms with van der Waals surface area (Å²) in [5.74, 6) is -0.462. The molecule has 0 unspecified atom stereocenters. The number of aryl methyl sites for hydroxylation is 1. The largest absolute Gasteiger partial charge is 0.396 e. The molecule has 0 fully saturated rings. The lowest BCUT2D eigenvalue weighted by Gasteiger charge is -2.06. The number of aliphatic hydroxyl groups is 1. The van der Waals surface area contributed by atoms with Crippen molar-refractivity contribution in [1.29, 1.82) is 0 Å². The Labute approximate surface area is 107 Å². The van der Waals surface area contributed by atoms with Gasteiger partial charge in [0.1, 0.15) is 5.82 Å². The molecule has 0 aliphatic heterocycles. The first-order valence-electron chi connectivity index (χ1n) is 6.30. The highest BCUT2D eigenvalue weighted by molar-refractivity contribution is 5.94. The summed E-state index contributed by atoms with van der Waals surface area (Å²) in [6.45, 7) is 2.48. The number of unbranched alkanes of at least 4 members (excludes halogenated alkanes) is 3. The molecule has 4 heteroatoms. The van der Waals surface area contributed by atoms with Crippen molar-refractivity contribution in [3.63, 3.8) is 0 Å². The standard InChI is InChI=1S/C14H20FNO2/c1-11-10-12(6-7-13(11)15)14(18)16-8-4-2-3-5-9-17/h6-7,10,17H,2-5,8-9H2,1H3,(H,16,18). The Morgan fingerprint density at radius 3 is 2.67 bits per heavy atom. The number of nitrogens with one attached hydrogen (secondary N) is 1. The topological polar surface area (TPSA) is 49.3 Å². The number of amides is 1. The average molecular weight is 253 g/mol. The number of halogens is 1. The zero-order chi connectivity index (χ0) is 13.4. The van der Waals surface area contributed by atoms with E-state index in [0.29, 0.717) is 17.7 Å². The number of carbonyl (C=O) groups excluding carboxylic acids is 1. The van der Waals surface area contributed by atoms with Crippen LogP contribution in [0.15, 0.2) is 18.2 Å². The molecule has 2 N–H and O–H groups in total. The number of rotatable bonds is 7. The number of aliphatic hydroxyl groups excluding tert-OH is 1. The smallest absolute Gasteiger partial charge is 0.251 e. The highest BCUT2D eigenvalue weighted by Crippen LogP contribution is 2.09. The van der Waals surface area contributed by atoms with Crippen molar-refractivity contribution in [2.24, 2.45) is 0 Å². The van der Waals surface area contributed by atoms with Crippen molar-refractivity contribution in [1.82, 2.24) is 5.32 Å². The first kappa shape index (κ1) is 14.6. The predicted molar refractivity (Wildman–Crippen MR) is 69.0 cm³/mol. The summed E-state index contributed by atoms with van der Waals surface area (Å²) in [5.41, 5.74) is 0.967. The van der Waals surface area contributed by atoms with Gasteiger partial charge in [0, 0.05) is 18.7 Å². The van der Waals surface area contributed by atoms with Gasteiger partial charge in [0.25, 0.3) is 5.91 Å². The first-order chi connectivity index (χ1) is 8.65. The van der Waals surface area contributed by atoms with Gasteiger partial charge in [0.2, 0.25) is 0 Å². The molecule has 0 aliphatic carbocycles. The maximum atomic E-state index is 13.0. The van der Waals surface area contributed by atoms with Crippen molar-refractivity contribution in [2.75, 3.05) is 13.2 Å². The van der Waals surface area contributed by atoms with E-state index in [1.165, 1.54) is 12.1 Å². The summed E-state index contributed by atoms with van der Waals surface area (Å²) >= 11 is 0. The van der Waals surface area contributed by atoms with Crippen molar-refractivity contribution in [3.8, 4) is 0 Å². The van der Waals surface area contributed by atoms with Crippen LogP contribution < -0.4 is 5.32 Å². The molecule has 1 rings (SSSR count). The number of hydrogen-bond donors (Lipinski definition) is 2. The fraction of sp³-hybridized carbons (Fsp3) is 0.500. The van der Waals surface area contributed by atoms with Crippen molar-refractivity contribution in [3.05, 3.63) is 35.1 Å². The van der Waals surface area contributed by atoms with Crippen molar-refractivity contribution < 1.29 is 14.3 Å². The fourth-order valence-electron chi connectivity index (χ4n) is 1.68. The van der Waals surface area contributed by atoms with Crippen LogP contribution in [-0.2, 0) is 0 Å². The lowest BCUT2D eigenvalue weighted by Crippen LogP contribution is -2.24. The summed E-state index contributed by atoms with van der Waals surface area (Å²) in [5, 5.41) is 11.4. The van der Waals surface area contributed by atoms with E-state index < -0.39 is 0 Å². The summed E-state index contributed by atoms with van der Waals surface area (Å²) in [4.78, 5) is 11.7. The molecular weight excluding hydrogens is 233 g/mol. The molecule has 1 amide bonds. The molecule has 3 nitrogen and oxygen atoms in total. The monoisotopic (exact) mass is 253 g/mol. The van der Waals surface area contributed by atoms with Gasteiger partial charge in [-0.3, -0.25) is 4.79 Å². The van der Waals surface area contributed by atoms with E-state index in [2.05, 4.69) is 5.32 Å². The normalized spacial score (nSPS) is 10.4. The minimum atomic E-state index is -0.296. The number of hydrogen-bond acceptors (Lipinski definition) is 2. The second kappa shape index (κ2) is 7.82. The Morgan fingerprint density at radius 1 is 1.28 bits per heavy atom. The zero-order valence-electron chi connectivity index (χ0n) is 10.7. The third-order valence-electron chi connectivity index (χ3n) is 2.79. The predicted octanol–water partition coefficient (Wildman–Crippen LogP) is 2.42. The van der Waals surface area contributed by atoms with E-state index in [4.69, 9.17) is 5.11 Å². The van der Waals surface area contributed by atoms with Crippen LogP contribution in [0.3, 0.4) is 0 Å². The Morgan fingerprint density at radius 2 is 2.00 bits per heavy atom. The number of carbonyl (C=O) groups is 1. The molecular formula is C14H20FNO2. The van der Waals surface area contributed by atoms with Crippen LogP contribution in [0.1, 0.15) is 41.6 Å². The Hall–Kier alpha value is -1.42. The molecule has 0 atom stereocenters. The molecule has 0 spiro atoms. The van der Waals surface area contributed by atoms with Crippen LogP contribution in [0, 0.1) is 12.7 Å². The van der Waals surface area contributed by atoms with Crippen LogP contribution in [0.5, 0.6) is 0 Å². The fourth-order valence-corrected chi connectivity index (χ4v) is 1.68. The molecule has 100 valence electrons. The van der Waals surface area contributed by atoms with Gasteiger partial charge in [-0.25, -0.2) is 4.39 Å². The van der Waals surface area contributed by atoms with Gasteiger partial charge in [-0.05, 0) is 43.5 Å². The van der Waals surface area contributed by atoms with E-state index in [-0.39, 0.29) is 18.3 Å². The second-order valence-electron chi connectivity index (χ2n) is 4.36. The molecule has 0 heterocycles. The lowest BCUT2D eigenvalue weighted by atomic mass is 10.1. The van der Waals surface area contributed by atoms with E-state index >= 15 is 0 Å². The minimum Gasteiger partial charge on any atom is -0.396 e. The van der Waals surface area contributed by atoms with Gasteiger partial charge >= 0.3 is 0 Å². The van der Waals surface area contributed by atoms with Gasteiger partial charge in [0.05, 0.1) is 0 Å². The summed E-state index contributed by atoms with van der Waals surface area (Å²) in [7, 11) is 0. The van der Waals surface area contributed by atoms with Gasteiger partial charge in [-0.1, -0.05) is 12.8 Å². The SMILES string of the molecule is Cc1cc(C(=O)NCCCCCCO)ccc1F. The highest BCUT2D eigenvalue weighted by atomic mass is 19.1. The lowest BCUT2D eigenvalue weighted by molar-refractivity contribution is 0.0952. The molecule has 0 saturated heterocycles. The Bertz CT molecular complexity index is 393. The van der Waals surface area contributed by atoms with E-state index in [9.17, 15) is 9.18 Å². The molecule has 0 saturated carbocycles. The second-order valence-corrected chi connectivity index (χ2v) is 4.36. The van der Waals surface area contributed by atoms with Crippen LogP contribution >= 0.6 is 0 Å². The van der Waals surface area contributed by atoms with Gasteiger partial charge in [-0.15, -0.1) is 0 Å². The van der Waals surface area contributed by atoms with Crippen LogP contribution in [0.2, 0.25) is 0 Å². The highest BCUT2D eigenvalue weighted by Gasteiger charge is 2.06. The van der Waals surface area contributed by atoms with Gasteiger partial charge in [0.15, 0.2) is 0 Å². The summed E-state index contributed by atoms with van der Waals surface area (Å²) in [6.07, 6.45) is 3.67. The summed E-state index contributed by atoms with van der Waals surface area (Å²) in [6, 6.07) is 4.35. The van der Waals surface area contributed by atoms with Crippen LogP contribution in [-0.4, -0.2) is 24.2 Å². The van der Waals surface area contributed by atoms with Crippen molar-refractivity contribution in [2.45, 2.75) is 32.6 Å². The Kier molecular flexibility index (Phi) is 6.36. The molecule has 0 aliphatic rings. The Balaban J connectivity index is 2.30. The molecule has 0 radical (unpaired) electrons. The summed E-state index contributed by atoms with van der Waals surface area (Å²) < 4.78 is 13.0. The van der Waals surface area contributed by atoms with Crippen LogP contribution in [0.25, 0.3) is 0 Å². The van der Waals surface area contributed by atoms with Gasteiger partial charge in [-0.2, -0.15) is 0 Å². The molecule has 0 bridgehead atoms. The molecule has 1 aromatic rings. The van der Waals surface area contributed by atoms with Crippen molar-refractivity contribution >= 4 is 5.91 Å². The van der Waals surface area contributed by atoms with E-state index in [1.54, 1.807) is 13.0 Å².